The van der Waals surface area contributed by atoms with Crippen LogP contribution in [0, 0.1) is 17.3 Å². The number of carbonyl (C=O) groups excluding carboxylic acids is 1. The summed E-state index contributed by atoms with van der Waals surface area (Å²) in [5, 5.41) is 0.163. The Hall–Kier alpha value is -0.616. The first-order valence-electron chi connectivity index (χ1n) is 10.8. The van der Waals surface area contributed by atoms with E-state index < -0.39 is 28.4 Å². The van der Waals surface area contributed by atoms with Crippen LogP contribution in [0.4, 0.5) is 0 Å². The molecule has 0 bridgehead atoms. The van der Waals surface area contributed by atoms with Crippen LogP contribution in [-0.4, -0.2) is 35.5 Å². The molecule has 0 saturated heterocycles. The molecule has 0 radical (unpaired) electrons. The van der Waals surface area contributed by atoms with Crippen LogP contribution >= 0.6 is 0 Å². The lowest BCUT2D eigenvalue weighted by atomic mass is 9.81. The molecule has 1 rings (SSSR count). The number of methoxy groups -OCH3 is 1. The summed E-state index contributed by atoms with van der Waals surface area (Å²) in [5.41, 5.74) is -0.265. The number of esters is 1. The quantitative estimate of drug-likeness (QED) is 0.161. The zero-order valence-corrected chi connectivity index (χ0v) is 23.0. The Kier molecular flexibility index (Phi) is 7.73. The first kappa shape index (κ1) is 26.4. The second-order valence-corrected chi connectivity index (χ2v) is 21.3. The first-order valence-corrected chi connectivity index (χ1v) is 16.6. The van der Waals surface area contributed by atoms with Crippen molar-refractivity contribution in [1.82, 2.24) is 0 Å². The Balaban J connectivity index is 3.45. The van der Waals surface area contributed by atoms with Crippen molar-refractivity contribution in [3.05, 3.63) is 0 Å². The molecule has 168 valence electrons. The summed E-state index contributed by atoms with van der Waals surface area (Å²) in [6.45, 7) is 25.0. The molecule has 0 aromatic carbocycles. The van der Waals surface area contributed by atoms with Crippen LogP contribution in [0.5, 0.6) is 0 Å². The van der Waals surface area contributed by atoms with Crippen molar-refractivity contribution >= 4 is 22.6 Å². The van der Waals surface area contributed by atoms with Gasteiger partial charge < -0.3 is 13.6 Å². The zero-order valence-electron chi connectivity index (χ0n) is 21.0. The summed E-state index contributed by atoms with van der Waals surface area (Å²) >= 11 is 0. The van der Waals surface area contributed by atoms with Gasteiger partial charge in [0.1, 0.15) is 0 Å². The van der Waals surface area contributed by atoms with E-state index >= 15 is 0 Å². The molecule has 1 saturated carbocycles. The van der Waals surface area contributed by atoms with Gasteiger partial charge in [0.05, 0.1) is 7.11 Å². The summed E-state index contributed by atoms with van der Waals surface area (Å²) in [5.74, 6) is 4.52. The van der Waals surface area contributed by atoms with Gasteiger partial charge in [-0.25, -0.2) is 4.79 Å². The molecule has 0 amide bonds. The van der Waals surface area contributed by atoms with Crippen LogP contribution in [0.15, 0.2) is 0 Å². The van der Waals surface area contributed by atoms with Crippen molar-refractivity contribution in [3.63, 3.8) is 0 Å². The average Bonchev–Trinajstić information content (AvgIpc) is 2.80. The molecular weight excluding hydrogens is 396 g/mol. The third-order valence-electron chi connectivity index (χ3n) is 7.46. The molecule has 4 nitrogen and oxygen atoms in total. The van der Waals surface area contributed by atoms with E-state index in [1.165, 1.54) is 7.11 Å². The molecule has 1 unspecified atom stereocenters. The highest BCUT2D eigenvalue weighted by Crippen LogP contribution is 2.57. The van der Waals surface area contributed by atoms with Gasteiger partial charge in [0, 0.05) is 24.2 Å². The second-order valence-electron chi connectivity index (χ2n) is 11.9. The standard InChI is InChI=1S/C23H44O4Si2/c1-20(2,3)28(9,10)26-23(27-29(11,12)21(4,5)6)18-14-17-22(23,7)16-13-15-19(24)25-8/h14,16-18H2,1-12H3. The monoisotopic (exact) mass is 440 g/mol. The minimum absolute atomic E-state index is 0.0813. The van der Waals surface area contributed by atoms with Crippen LogP contribution in [-0.2, 0) is 18.4 Å². The lowest BCUT2D eigenvalue weighted by Crippen LogP contribution is -2.61. The third-order valence-corrected chi connectivity index (χ3v) is 16.4. The molecule has 0 heterocycles. The number of rotatable bonds is 5. The van der Waals surface area contributed by atoms with Gasteiger partial charge in [0.15, 0.2) is 22.4 Å². The molecule has 0 spiro atoms. The summed E-state index contributed by atoms with van der Waals surface area (Å²) in [6.07, 6.45) is 3.46. The van der Waals surface area contributed by atoms with Gasteiger partial charge in [-0.1, -0.05) is 54.4 Å². The van der Waals surface area contributed by atoms with Gasteiger partial charge in [-0.3, -0.25) is 0 Å². The molecule has 6 heteroatoms. The van der Waals surface area contributed by atoms with Crippen molar-refractivity contribution in [2.75, 3.05) is 7.11 Å². The lowest BCUT2D eigenvalue weighted by Gasteiger charge is -2.54. The van der Waals surface area contributed by atoms with Crippen LogP contribution in [0.2, 0.25) is 36.3 Å². The third kappa shape index (κ3) is 5.75. The second kappa shape index (κ2) is 8.49. The van der Waals surface area contributed by atoms with E-state index in [0.717, 1.165) is 19.3 Å². The van der Waals surface area contributed by atoms with E-state index in [9.17, 15) is 4.79 Å². The molecule has 1 aliphatic carbocycles. The Morgan fingerprint density at radius 3 is 1.76 bits per heavy atom. The smallest absolute Gasteiger partial charge is 0.384 e. The first-order chi connectivity index (χ1) is 12.8. The fourth-order valence-electron chi connectivity index (χ4n) is 3.29. The largest absolute Gasteiger partial charge is 0.459 e. The van der Waals surface area contributed by atoms with E-state index in [-0.39, 0.29) is 15.5 Å². The molecule has 1 atom stereocenters. The van der Waals surface area contributed by atoms with Gasteiger partial charge in [0.25, 0.3) is 0 Å². The number of carbonyl (C=O) groups is 1. The highest BCUT2D eigenvalue weighted by atomic mass is 28.4. The van der Waals surface area contributed by atoms with Crippen molar-refractivity contribution in [1.29, 1.82) is 0 Å². The normalized spacial score (nSPS) is 22.8. The van der Waals surface area contributed by atoms with Gasteiger partial charge in [-0.05, 0) is 49.1 Å². The van der Waals surface area contributed by atoms with E-state index in [4.69, 9.17) is 8.85 Å². The number of hydrogen-bond donors (Lipinski definition) is 0. The zero-order chi connectivity index (χ0) is 22.9. The van der Waals surface area contributed by atoms with Crippen LogP contribution in [0.3, 0.4) is 0 Å². The van der Waals surface area contributed by atoms with Gasteiger partial charge in [0.2, 0.25) is 0 Å². The maximum absolute atomic E-state index is 11.5. The molecular formula is C23H44O4Si2. The molecule has 1 fully saturated rings. The SMILES string of the molecule is COC(=O)C#CCC1(C)CCCC1(O[Si](C)(C)C(C)(C)C)O[Si](C)(C)C(C)(C)C. The fraction of sp³-hybridized carbons (Fsp3) is 0.870. The highest BCUT2D eigenvalue weighted by molar-refractivity contribution is 6.75. The van der Waals surface area contributed by atoms with E-state index in [1.807, 2.05) is 0 Å². The number of ether oxygens (including phenoxy) is 1. The van der Waals surface area contributed by atoms with Gasteiger partial charge >= 0.3 is 5.97 Å². The molecule has 0 aromatic heterocycles. The lowest BCUT2D eigenvalue weighted by molar-refractivity contribution is -0.195. The Bertz CT molecular complexity index is 631. The maximum atomic E-state index is 11.5. The van der Waals surface area contributed by atoms with E-state index in [1.54, 1.807) is 0 Å². The Morgan fingerprint density at radius 2 is 1.38 bits per heavy atom. The van der Waals surface area contributed by atoms with Gasteiger partial charge in [-0.15, -0.1) is 0 Å². The summed E-state index contributed by atoms with van der Waals surface area (Å²) < 4.78 is 19.0. The molecule has 0 aromatic rings. The molecule has 1 aliphatic rings. The van der Waals surface area contributed by atoms with Crippen molar-refractivity contribution in [2.45, 2.75) is 116 Å². The minimum atomic E-state index is -2.10. The van der Waals surface area contributed by atoms with Gasteiger partial charge in [-0.2, -0.15) is 0 Å². The topological polar surface area (TPSA) is 44.8 Å². The van der Waals surface area contributed by atoms with Crippen molar-refractivity contribution in [3.8, 4) is 11.8 Å². The Labute approximate surface area is 181 Å². The minimum Gasteiger partial charge on any atom is -0.459 e. The van der Waals surface area contributed by atoms with E-state index in [0.29, 0.717) is 6.42 Å². The highest BCUT2D eigenvalue weighted by Gasteiger charge is 2.60. The molecule has 29 heavy (non-hydrogen) atoms. The Morgan fingerprint density at radius 1 is 0.931 bits per heavy atom. The van der Waals surface area contributed by atoms with Crippen LogP contribution < -0.4 is 0 Å². The maximum Gasteiger partial charge on any atom is 0.384 e. The average molecular weight is 441 g/mol. The summed E-state index contributed by atoms with van der Waals surface area (Å²) in [6, 6.07) is 0. The van der Waals surface area contributed by atoms with Crippen LogP contribution in [0.25, 0.3) is 0 Å². The van der Waals surface area contributed by atoms with Crippen molar-refractivity contribution in [2.24, 2.45) is 5.41 Å². The predicted octanol–water partition coefficient (Wildman–Crippen LogP) is 6.48. The summed E-state index contributed by atoms with van der Waals surface area (Å²) in [7, 11) is -2.84. The fourth-order valence-corrected chi connectivity index (χ4v) is 6.41. The van der Waals surface area contributed by atoms with E-state index in [2.05, 4.69) is 91.2 Å². The van der Waals surface area contributed by atoms with Crippen molar-refractivity contribution < 1.29 is 18.4 Å². The summed E-state index contributed by atoms with van der Waals surface area (Å²) in [4.78, 5) is 11.5. The molecule has 0 aliphatic heterocycles. The predicted molar refractivity (Wildman–Crippen MR) is 126 cm³/mol. The molecule has 0 N–H and O–H groups in total. The number of hydrogen-bond acceptors (Lipinski definition) is 4. The van der Waals surface area contributed by atoms with Crippen LogP contribution in [0.1, 0.15) is 74.1 Å².